The number of hydrazone groups is 1. The van der Waals surface area contributed by atoms with Crippen LogP contribution in [0, 0.1) is 6.92 Å². The summed E-state index contributed by atoms with van der Waals surface area (Å²) in [5.74, 6) is 0.240. The van der Waals surface area contributed by atoms with Crippen LogP contribution in [0.1, 0.15) is 11.1 Å². The van der Waals surface area contributed by atoms with Gasteiger partial charge in [0.1, 0.15) is 11.5 Å². The number of carbonyl (C=O) groups is 1. The van der Waals surface area contributed by atoms with Gasteiger partial charge < -0.3 is 9.84 Å². The molecule has 2 rings (SSSR count). The van der Waals surface area contributed by atoms with Crippen molar-refractivity contribution >= 4 is 23.7 Å². The fourth-order valence-electron chi connectivity index (χ4n) is 1.69. The smallest absolute Gasteiger partial charge is 0.277 e. The van der Waals surface area contributed by atoms with Crippen molar-refractivity contribution in [1.29, 1.82) is 0 Å². The summed E-state index contributed by atoms with van der Waals surface area (Å²) in [5.41, 5.74) is 3.77. The summed E-state index contributed by atoms with van der Waals surface area (Å²) in [7, 11) is 0. The van der Waals surface area contributed by atoms with Crippen molar-refractivity contribution in [2.24, 2.45) is 5.10 Å². The number of nitrogens with zero attached hydrogens (tertiary/aromatic N) is 1. The lowest BCUT2D eigenvalue weighted by atomic mass is 10.2. The Kier molecular flexibility index (Phi) is 5.38. The van der Waals surface area contributed by atoms with Crippen LogP contribution in [0.5, 0.6) is 11.5 Å². The van der Waals surface area contributed by atoms with E-state index in [4.69, 9.17) is 16.3 Å². The average Bonchev–Trinajstić information content (AvgIpc) is 2.49. The number of ether oxygens (including phenoxy) is 1. The van der Waals surface area contributed by atoms with E-state index in [0.717, 1.165) is 5.56 Å². The first-order chi connectivity index (χ1) is 10.5. The van der Waals surface area contributed by atoms with E-state index >= 15 is 0 Å². The summed E-state index contributed by atoms with van der Waals surface area (Å²) in [5, 5.41) is 13.8. The molecule has 114 valence electrons. The predicted octanol–water partition coefficient (Wildman–Crippen LogP) is 2.88. The number of carbonyl (C=O) groups excluding carboxylic acids is 1. The van der Waals surface area contributed by atoms with Crippen molar-refractivity contribution in [2.75, 3.05) is 6.61 Å². The van der Waals surface area contributed by atoms with Crippen LogP contribution in [0.4, 0.5) is 0 Å². The first-order valence-corrected chi connectivity index (χ1v) is 6.92. The van der Waals surface area contributed by atoms with Crippen molar-refractivity contribution in [3.63, 3.8) is 0 Å². The molecule has 0 saturated carbocycles. The normalized spacial score (nSPS) is 10.6. The third kappa shape index (κ3) is 4.79. The number of benzene rings is 2. The SMILES string of the molecule is Cc1cccc(OCC(=O)NN=Cc2cc(Cl)ccc2O)c1. The fraction of sp³-hybridized carbons (Fsp3) is 0.125. The summed E-state index contributed by atoms with van der Waals surface area (Å²) >= 11 is 5.81. The quantitative estimate of drug-likeness (QED) is 0.658. The maximum Gasteiger partial charge on any atom is 0.277 e. The molecule has 0 unspecified atom stereocenters. The van der Waals surface area contributed by atoms with E-state index < -0.39 is 5.91 Å². The molecule has 2 aromatic carbocycles. The average molecular weight is 319 g/mol. The molecule has 0 fully saturated rings. The number of amides is 1. The van der Waals surface area contributed by atoms with Crippen LogP contribution in [0.15, 0.2) is 47.6 Å². The van der Waals surface area contributed by atoms with Crippen molar-refractivity contribution < 1.29 is 14.6 Å². The van der Waals surface area contributed by atoms with Crippen molar-refractivity contribution in [3.8, 4) is 11.5 Å². The van der Waals surface area contributed by atoms with Crippen LogP contribution in [0.3, 0.4) is 0 Å². The van der Waals surface area contributed by atoms with Gasteiger partial charge in [-0.25, -0.2) is 5.43 Å². The summed E-state index contributed by atoms with van der Waals surface area (Å²) in [6.07, 6.45) is 1.31. The number of hydrogen-bond donors (Lipinski definition) is 2. The molecule has 0 radical (unpaired) electrons. The van der Waals surface area contributed by atoms with Gasteiger partial charge in [-0.15, -0.1) is 0 Å². The van der Waals surface area contributed by atoms with Crippen molar-refractivity contribution in [1.82, 2.24) is 5.43 Å². The summed E-state index contributed by atoms with van der Waals surface area (Å²) in [4.78, 5) is 11.6. The zero-order valence-electron chi connectivity index (χ0n) is 11.9. The Balaban J connectivity index is 1.85. The molecule has 2 N–H and O–H groups in total. The number of aryl methyl sites for hydroxylation is 1. The maximum atomic E-state index is 11.6. The van der Waals surface area contributed by atoms with E-state index in [2.05, 4.69) is 10.5 Å². The highest BCUT2D eigenvalue weighted by molar-refractivity contribution is 6.30. The molecule has 0 aliphatic carbocycles. The van der Waals surface area contributed by atoms with Crippen molar-refractivity contribution in [3.05, 3.63) is 58.6 Å². The zero-order valence-corrected chi connectivity index (χ0v) is 12.7. The second-order valence-electron chi connectivity index (χ2n) is 4.60. The van der Waals surface area contributed by atoms with Crippen LogP contribution in [0.2, 0.25) is 5.02 Å². The van der Waals surface area contributed by atoms with Gasteiger partial charge in [-0.05, 0) is 42.8 Å². The first-order valence-electron chi connectivity index (χ1n) is 6.54. The topological polar surface area (TPSA) is 70.9 Å². The molecule has 0 aromatic heterocycles. The Labute approximate surface area is 133 Å². The lowest BCUT2D eigenvalue weighted by Gasteiger charge is -2.05. The Morgan fingerprint density at radius 3 is 2.95 bits per heavy atom. The van der Waals surface area contributed by atoms with Gasteiger partial charge >= 0.3 is 0 Å². The number of phenolic OH excluding ortho intramolecular Hbond substituents is 1. The molecule has 22 heavy (non-hydrogen) atoms. The Hall–Kier alpha value is -2.53. The van der Waals surface area contributed by atoms with Gasteiger partial charge in [0.25, 0.3) is 5.91 Å². The Morgan fingerprint density at radius 2 is 2.18 bits per heavy atom. The number of halogens is 1. The molecule has 0 heterocycles. The predicted molar refractivity (Wildman–Crippen MR) is 85.5 cm³/mol. The number of hydrogen-bond acceptors (Lipinski definition) is 4. The maximum absolute atomic E-state index is 11.6. The van der Waals surface area contributed by atoms with Crippen LogP contribution in [-0.4, -0.2) is 23.8 Å². The second kappa shape index (κ2) is 7.47. The van der Waals surface area contributed by atoms with Gasteiger partial charge in [-0.3, -0.25) is 4.79 Å². The molecule has 0 saturated heterocycles. The summed E-state index contributed by atoms with van der Waals surface area (Å²) in [6, 6.07) is 11.9. The Bertz CT molecular complexity index is 702. The minimum Gasteiger partial charge on any atom is -0.507 e. The minimum absolute atomic E-state index is 0.0263. The van der Waals surface area contributed by atoms with E-state index in [1.54, 1.807) is 12.1 Å². The molecule has 2 aromatic rings. The fourth-order valence-corrected chi connectivity index (χ4v) is 1.87. The molecular formula is C16H15ClN2O3. The molecule has 6 heteroatoms. The van der Waals surface area contributed by atoms with E-state index in [1.165, 1.54) is 18.3 Å². The van der Waals surface area contributed by atoms with Gasteiger partial charge in [0, 0.05) is 10.6 Å². The van der Waals surface area contributed by atoms with E-state index in [0.29, 0.717) is 16.3 Å². The number of rotatable bonds is 5. The molecule has 5 nitrogen and oxygen atoms in total. The number of nitrogens with one attached hydrogen (secondary N) is 1. The van der Waals surface area contributed by atoms with Crippen molar-refractivity contribution in [2.45, 2.75) is 6.92 Å². The van der Waals surface area contributed by atoms with Crippen LogP contribution in [-0.2, 0) is 4.79 Å². The van der Waals surface area contributed by atoms with Gasteiger partial charge in [0.15, 0.2) is 6.61 Å². The van der Waals surface area contributed by atoms with Crippen LogP contribution in [0.25, 0.3) is 0 Å². The third-order valence-corrected chi connectivity index (χ3v) is 2.98. The van der Waals surface area contributed by atoms with Gasteiger partial charge in [-0.1, -0.05) is 23.7 Å². The van der Waals surface area contributed by atoms with E-state index in [1.807, 2.05) is 25.1 Å². The third-order valence-electron chi connectivity index (χ3n) is 2.74. The lowest BCUT2D eigenvalue weighted by molar-refractivity contribution is -0.123. The molecule has 0 aliphatic rings. The highest BCUT2D eigenvalue weighted by Crippen LogP contribution is 2.19. The number of aromatic hydroxyl groups is 1. The molecular weight excluding hydrogens is 304 g/mol. The van der Waals surface area contributed by atoms with Crippen LogP contribution < -0.4 is 10.2 Å². The molecule has 1 amide bonds. The van der Waals surface area contributed by atoms with E-state index in [9.17, 15) is 9.90 Å². The number of phenols is 1. The lowest BCUT2D eigenvalue weighted by Crippen LogP contribution is -2.24. The second-order valence-corrected chi connectivity index (χ2v) is 5.04. The zero-order chi connectivity index (χ0) is 15.9. The Morgan fingerprint density at radius 1 is 1.36 bits per heavy atom. The minimum atomic E-state index is -0.403. The van der Waals surface area contributed by atoms with Gasteiger partial charge in [0.05, 0.1) is 6.21 Å². The van der Waals surface area contributed by atoms with Gasteiger partial charge in [-0.2, -0.15) is 5.10 Å². The largest absolute Gasteiger partial charge is 0.507 e. The molecule has 0 bridgehead atoms. The summed E-state index contributed by atoms with van der Waals surface area (Å²) < 4.78 is 5.34. The highest BCUT2D eigenvalue weighted by Gasteiger charge is 2.02. The van der Waals surface area contributed by atoms with Crippen LogP contribution >= 0.6 is 11.6 Å². The molecule has 0 atom stereocenters. The molecule has 0 spiro atoms. The monoisotopic (exact) mass is 318 g/mol. The van der Waals surface area contributed by atoms with Gasteiger partial charge in [0.2, 0.25) is 0 Å². The molecule has 0 aliphatic heterocycles. The van der Waals surface area contributed by atoms with E-state index in [-0.39, 0.29) is 12.4 Å². The standard InChI is InChI=1S/C16H15ClN2O3/c1-11-3-2-4-14(7-11)22-10-16(21)19-18-9-12-8-13(17)5-6-15(12)20/h2-9,20H,10H2,1H3,(H,19,21). The highest BCUT2D eigenvalue weighted by atomic mass is 35.5. The first kappa shape index (κ1) is 15.9. The summed E-state index contributed by atoms with van der Waals surface area (Å²) in [6.45, 7) is 1.79.